The molecule has 2 fully saturated rings. The molecule has 112 valence electrons. The van der Waals surface area contributed by atoms with E-state index in [4.69, 9.17) is 4.74 Å². The Hall–Kier alpha value is -0.120. The number of hydrogen-bond donors (Lipinski definition) is 1. The summed E-state index contributed by atoms with van der Waals surface area (Å²) in [6.07, 6.45) is 7.13. The maximum Gasteiger partial charge on any atom is 0.0661 e. The van der Waals surface area contributed by atoms with Gasteiger partial charge in [0.05, 0.1) is 6.10 Å². The monoisotopic (exact) mass is 268 g/mol. The van der Waals surface area contributed by atoms with E-state index in [-0.39, 0.29) is 0 Å². The minimum atomic E-state index is 0.505. The molecular formula is C16H32N2O. The fraction of sp³-hybridized carbons (Fsp3) is 1.00. The first-order chi connectivity index (χ1) is 9.14. The van der Waals surface area contributed by atoms with Gasteiger partial charge in [0, 0.05) is 37.2 Å². The lowest BCUT2D eigenvalue weighted by Gasteiger charge is -2.61. The van der Waals surface area contributed by atoms with Crippen LogP contribution in [0, 0.1) is 5.41 Å². The summed E-state index contributed by atoms with van der Waals surface area (Å²) < 4.78 is 5.90. The minimum Gasteiger partial charge on any atom is -0.378 e. The zero-order valence-electron chi connectivity index (χ0n) is 13.2. The molecule has 1 spiro atoms. The van der Waals surface area contributed by atoms with Crippen molar-refractivity contribution < 1.29 is 4.74 Å². The SMILES string of the molecule is CCOC1CC(NCCN(C)C(C)CC)C12CCC2. The Kier molecular flexibility index (Phi) is 5.27. The third kappa shape index (κ3) is 2.98. The van der Waals surface area contributed by atoms with Crippen LogP contribution in [0.2, 0.25) is 0 Å². The van der Waals surface area contributed by atoms with Crippen molar-refractivity contribution in [1.82, 2.24) is 10.2 Å². The fourth-order valence-corrected chi connectivity index (χ4v) is 3.67. The van der Waals surface area contributed by atoms with Gasteiger partial charge in [0.25, 0.3) is 0 Å². The molecule has 2 rings (SSSR count). The summed E-state index contributed by atoms with van der Waals surface area (Å²) in [4.78, 5) is 2.46. The van der Waals surface area contributed by atoms with Gasteiger partial charge in [0.2, 0.25) is 0 Å². The van der Waals surface area contributed by atoms with E-state index in [0.717, 1.165) is 19.7 Å². The van der Waals surface area contributed by atoms with Gasteiger partial charge in [0.15, 0.2) is 0 Å². The van der Waals surface area contributed by atoms with E-state index in [2.05, 4.69) is 38.0 Å². The summed E-state index contributed by atoms with van der Waals surface area (Å²) in [6, 6.07) is 1.40. The molecule has 3 heteroatoms. The first-order valence-corrected chi connectivity index (χ1v) is 8.19. The number of rotatable bonds is 8. The molecule has 0 aliphatic heterocycles. The minimum absolute atomic E-state index is 0.505. The van der Waals surface area contributed by atoms with Gasteiger partial charge in [0.1, 0.15) is 0 Å². The van der Waals surface area contributed by atoms with Crippen molar-refractivity contribution in [1.29, 1.82) is 0 Å². The molecule has 3 unspecified atom stereocenters. The highest BCUT2D eigenvalue weighted by atomic mass is 16.5. The van der Waals surface area contributed by atoms with Crippen molar-refractivity contribution in [2.75, 3.05) is 26.7 Å². The second-order valence-corrected chi connectivity index (χ2v) is 6.51. The van der Waals surface area contributed by atoms with Crippen LogP contribution in [-0.4, -0.2) is 49.8 Å². The summed E-state index contributed by atoms with van der Waals surface area (Å²) >= 11 is 0. The lowest BCUT2D eigenvalue weighted by Crippen LogP contribution is -2.67. The molecule has 2 saturated carbocycles. The van der Waals surface area contributed by atoms with Gasteiger partial charge in [-0.15, -0.1) is 0 Å². The van der Waals surface area contributed by atoms with Gasteiger partial charge < -0.3 is 15.0 Å². The highest BCUT2D eigenvalue weighted by molar-refractivity contribution is 5.12. The molecule has 0 aromatic heterocycles. The molecule has 1 N–H and O–H groups in total. The van der Waals surface area contributed by atoms with Crippen molar-refractivity contribution in [3.05, 3.63) is 0 Å². The van der Waals surface area contributed by atoms with Crippen LogP contribution >= 0.6 is 0 Å². The molecule has 0 radical (unpaired) electrons. The maximum atomic E-state index is 5.90. The second kappa shape index (κ2) is 6.55. The number of hydrogen-bond acceptors (Lipinski definition) is 3. The summed E-state index contributed by atoms with van der Waals surface area (Å²) in [5.74, 6) is 0. The van der Waals surface area contributed by atoms with E-state index in [9.17, 15) is 0 Å². The molecule has 2 aliphatic carbocycles. The third-order valence-electron chi connectivity index (χ3n) is 5.64. The van der Waals surface area contributed by atoms with Gasteiger partial charge in [-0.1, -0.05) is 13.3 Å². The van der Waals surface area contributed by atoms with E-state index in [1.807, 2.05) is 0 Å². The molecule has 3 nitrogen and oxygen atoms in total. The van der Waals surface area contributed by atoms with Crippen LogP contribution in [0.1, 0.15) is 52.9 Å². The van der Waals surface area contributed by atoms with E-state index < -0.39 is 0 Å². The predicted octanol–water partition coefficient (Wildman–Crippen LogP) is 2.65. The zero-order chi connectivity index (χ0) is 13.9. The molecule has 2 aliphatic rings. The molecule has 0 bridgehead atoms. The Balaban J connectivity index is 1.70. The summed E-state index contributed by atoms with van der Waals surface area (Å²) in [5, 5.41) is 3.79. The van der Waals surface area contributed by atoms with E-state index >= 15 is 0 Å². The summed E-state index contributed by atoms with van der Waals surface area (Å²) in [7, 11) is 2.23. The first-order valence-electron chi connectivity index (χ1n) is 8.19. The molecule has 0 aromatic rings. The average molecular weight is 268 g/mol. The van der Waals surface area contributed by atoms with Crippen LogP contribution in [0.3, 0.4) is 0 Å². The largest absolute Gasteiger partial charge is 0.378 e. The molecule has 3 atom stereocenters. The maximum absolute atomic E-state index is 5.90. The highest BCUT2D eigenvalue weighted by Gasteiger charge is 2.58. The molecule has 0 saturated heterocycles. The molecular weight excluding hydrogens is 236 g/mol. The van der Waals surface area contributed by atoms with Crippen LogP contribution in [0.25, 0.3) is 0 Å². The summed E-state index contributed by atoms with van der Waals surface area (Å²) in [5.41, 5.74) is 0.505. The van der Waals surface area contributed by atoms with Gasteiger partial charge in [-0.05, 0) is 46.6 Å². The molecule has 0 aromatic carbocycles. The van der Waals surface area contributed by atoms with Crippen molar-refractivity contribution in [3.8, 4) is 0 Å². The quantitative estimate of drug-likeness (QED) is 0.732. The van der Waals surface area contributed by atoms with Crippen LogP contribution in [0.15, 0.2) is 0 Å². The van der Waals surface area contributed by atoms with Gasteiger partial charge in [-0.25, -0.2) is 0 Å². The van der Waals surface area contributed by atoms with E-state index in [0.29, 0.717) is 23.6 Å². The third-order valence-corrected chi connectivity index (χ3v) is 5.64. The Morgan fingerprint density at radius 1 is 1.37 bits per heavy atom. The lowest BCUT2D eigenvalue weighted by molar-refractivity contribution is -0.172. The second-order valence-electron chi connectivity index (χ2n) is 6.51. The number of likely N-dealkylation sites (N-methyl/N-ethyl adjacent to an activating group) is 1. The van der Waals surface area contributed by atoms with Crippen LogP contribution in [-0.2, 0) is 4.74 Å². The van der Waals surface area contributed by atoms with Crippen LogP contribution in [0.4, 0.5) is 0 Å². The topological polar surface area (TPSA) is 24.5 Å². The number of ether oxygens (including phenoxy) is 1. The highest BCUT2D eigenvalue weighted by Crippen LogP contribution is 2.57. The smallest absolute Gasteiger partial charge is 0.0661 e. The van der Waals surface area contributed by atoms with E-state index in [1.54, 1.807) is 0 Å². The van der Waals surface area contributed by atoms with Gasteiger partial charge >= 0.3 is 0 Å². The Morgan fingerprint density at radius 2 is 2.11 bits per heavy atom. The Labute approximate surface area is 119 Å². The Morgan fingerprint density at radius 3 is 2.63 bits per heavy atom. The zero-order valence-corrected chi connectivity index (χ0v) is 13.2. The number of nitrogens with zero attached hydrogens (tertiary/aromatic N) is 1. The molecule has 0 amide bonds. The first kappa shape index (κ1) is 15.3. The van der Waals surface area contributed by atoms with Crippen molar-refractivity contribution in [2.45, 2.75) is 71.1 Å². The molecule has 0 heterocycles. The van der Waals surface area contributed by atoms with Crippen LogP contribution in [0.5, 0.6) is 0 Å². The van der Waals surface area contributed by atoms with Gasteiger partial charge in [-0.2, -0.15) is 0 Å². The normalized spacial score (nSPS) is 30.2. The number of nitrogens with one attached hydrogen (secondary N) is 1. The lowest BCUT2D eigenvalue weighted by atomic mass is 9.51. The van der Waals surface area contributed by atoms with Crippen molar-refractivity contribution >= 4 is 0 Å². The molecule has 19 heavy (non-hydrogen) atoms. The average Bonchev–Trinajstić information content (AvgIpc) is 2.33. The Bertz CT molecular complexity index is 278. The van der Waals surface area contributed by atoms with Crippen LogP contribution < -0.4 is 5.32 Å². The standard InChI is InChI=1S/C16H32N2O/c1-5-13(3)18(4)11-10-17-14-12-15(19-6-2)16(14)8-7-9-16/h13-15,17H,5-12H2,1-4H3. The summed E-state index contributed by atoms with van der Waals surface area (Å²) in [6.45, 7) is 9.83. The van der Waals surface area contributed by atoms with Crippen molar-refractivity contribution in [3.63, 3.8) is 0 Å². The van der Waals surface area contributed by atoms with Crippen molar-refractivity contribution in [2.24, 2.45) is 5.41 Å². The van der Waals surface area contributed by atoms with E-state index in [1.165, 1.54) is 32.1 Å². The van der Waals surface area contributed by atoms with Gasteiger partial charge in [-0.3, -0.25) is 0 Å². The fourth-order valence-electron chi connectivity index (χ4n) is 3.67. The predicted molar refractivity (Wildman–Crippen MR) is 80.5 cm³/mol.